The van der Waals surface area contributed by atoms with E-state index in [2.05, 4.69) is 16.5 Å². The Labute approximate surface area is 156 Å². The van der Waals surface area contributed by atoms with Crippen LogP contribution in [0.25, 0.3) is 0 Å². The molecule has 0 saturated carbocycles. The van der Waals surface area contributed by atoms with Gasteiger partial charge in [-0.15, -0.1) is 0 Å². The molecule has 6 heteroatoms. The van der Waals surface area contributed by atoms with E-state index in [9.17, 15) is 5.11 Å². The van der Waals surface area contributed by atoms with Gasteiger partial charge in [0.1, 0.15) is 12.7 Å². The van der Waals surface area contributed by atoms with Crippen LogP contribution in [0.15, 0.2) is 18.2 Å². The molecule has 1 aromatic carbocycles. The first kappa shape index (κ1) is 20.4. The van der Waals surface area contributed by atoms with Crippen molar-refractivity contribution < 1.29 is 14.6 Å². The number of nitrogens with one attached hydrogen (secondary N) is 1. The fourth-order valence-corrected chi connectivity index (χ4v) is 3.38. The number of piperidine rings is 1. The normalized spacial score (nSPS) is 16.6. The van der Waals surface area contributed by atoms with Gasteiger partial charge < -0.3 is 24.8 Å². The molecule has 0 amide bonds. The minimum atomic E-state index is -0.480. The van der Waals surface area contributed by atoms with Crippen LogP contribution in [0.4, 0.5) is 0 Å². The van der Waals surface area contributed by atoms with E-state index in [0.29, 0.717) is 18.0 Å². The van der Waals surface area contributed by atoms with Gasteiger partial charge in [0, 0.05) is 25.4 Å². The summed E-state index contributed by atoms with van der Waals surface area (Å²) in [4.78, 5) is 2.32. The summed E-state index contributed by atoms with van der Waals surface area (Å²) in [6.07, 6.45) is 5.39. The van der Waals surface area contributed by atoms with Crippen LogP contribution in [0.1, 0.15) is 24.8 Å². The summed E-state index contributed by atoms with van der Waals surface area (Å²) < 4.78 is 11.3. The van der Waals surface area contributed by atoms with E-state index in [1.165, 1.54) is 19.3 Å². The van der Waals surface area contributed by atoms with Crippen molar-refractivity contribution in [3.05, 3.63) is 23.8 Å². The van der Waals surface area contributed by atoms with Crippen LogP contribution in [0, 0.1) is 0 Å². The van der Waals surface area contributed by atoms with Crippen molar-refractivity contribution in [1.29, 1.82) is 0 Å². The molecule has 1 aliphatic heterocycles. The van der Waals surface area contributed by atoms with E-state index in [-0.39, 0.29) is 6.61 Å². The third-order valence-corrected chi connectivity index (χ3v) is 5.00. The maximum atomic E-state index is 10.3. The van der Waals surface area contributed by atoms with Crippen molar-refractivity contribution in [2.75, 3.05) is 51.9 Å². The summed E-state index contributed by atoms with van der Waals surface area (Å²) >= 11 is 1.83. The number of aliphatic hydroxyl groups excluding tert-OH is 1. The second-order valence-electron chi connectivity index (χ2n) is 6.48. The third kappa shape index (κ3) is 7.44. The minimum absolute atomic E-state index is 0.288. The number of hydrogen-bond donors (Lipinski definition) is 2. The lowest BCUT2D eigenvalue weighted by molar-refractivity contribution is 0.0608. The summed E-state index contributed by atoms with van der Waals surface area (Å²) in [6.45, 7) is 4.92. The van der Waals surface area contributed by atoms with Crippen LogP contribution in [-0.2, 0) is 6.54 Å². The van der Waals surface area contributed by atoms with Crippen molar-refractivity contribution in [3.63, 3.8) is 0 Å². The molecule has 1 atom stereocenters. The van der Waals surface area contributed by atoms with Gasteiger partial charge in [-0.2, -0.15) is 11.8 Å². The van der Waals surface area contributed by atoms with Gasteiger partial charge in [-0.25, -0.2) is 0 Å². The fourth-order valence-electron chi connectivity index (χ4n) is 3.03. The van der Waals surface area contributed by atoms with Crippen LogP contribution < -0.4 is 14.8 Å². The average molecular weight is 369 g/mol. The number of thioether (sulfide) groups is 1. The molecular formula is C19H32N2O3S. The van der Waals surface area contributed by atoms with Gasteiger partial charge in [-0.3, -0.25) is 0 Å². The summed E-state index contributed by atoms with van der Waals surface area (Å²) in [5.74, 6) is 2.50. The molecule has 2 N–H and O–H groups in total. The predicted octanol–water partition coefficient (Wildman–Crippen LogP) is 2.37. The molecule has 5 nitrogen and oxygen atoms in total. The van der Waals surface area contributed by atoms with Gasteiger partial charge in [0.25, 0.3) is 0 Å². The highest BCUT2D eigenvalue weighted by Gasteiger charge is 2.16. The molecule has 142 valence electrons. The SMILES string of the molecule is COc1ccc(CNCCSC)cc1OCC(O)CN1CCCCC1. The molecule has 1 heterocycles. The molecule has 25 heavy (non-hydrogen) atoms. The number of nitrogens with zero attached hydrogens (tertiary/aromatic N) is 1. The summed E-state index contributed by atoms with van der Waals surface area (Å²) in [6, 6.07) is 5.97. The quantitative estimate of drug-likeness (QED) is 0.585. The first-order valence-corrected chi connectivity index (χ1v) is 10.5. The number of hydrogen-bond acceptors (Lipinski definition) is 6. The predicted molar refractivity (Wildman–Crippen MR) is 105 cm³/mol. The minimum Gasteiger partial charge on any atom is -0.493 e. The lowest BCUT2D eigenvalue weighted by Gasteiger charge is -2.28. The highest BCUT2D eigenvalue weighted by atomic mass is 32.2. The molecule has 1 aromatic rings. The van der Waals surface area contributed by atoms with Crippen LogP contribution in [0.3, 0.4) is 0 Å². The molecule has 0 spiro atoms. The Morgan fingerprint density at radius 1 is 1.24 bits per heavy atom. The van der Waals surface area contributed by atoms with Gasteiger partial charge in [0.15, 0.2) is 11.5 Å². The number of β-amino-alcohol motifs (C(OH)–C–C–N with tert-alkyl or cyclic N) is 1. The van der Waals surface area contributed by atoms with Gasteiger partial charge >= 0.3 is 0 Å². The van der Waals surface area contributed by atoms with E-state index < -0.39 is 6.10 Å². The second-order valence-corrected chi connectivity index (χ2v) is 7.47. The summed E-state index contributed by atoms with van der Waals surface area (Å²) in [5, 5.41) is 13.7. The first-order valence-electron chi connectivity index (χ1n) is 9.12. The van der Waals surface area contributed by atoms with Gasteiger partial charge in [-0.05, 0) is 49.9 Å². The zero-order chi connectivity index (χ0) is 17.9. The summed E-state index contributed by atoms with van der Waals surface area (Å²) in [7, 11) is 1.64. The molecular weight excluding hydrogens is 336 g/mol. The molecule has 0 aliphatic carbocycles. The highest BCUT2D eigenvalue weighted by molar-refractivity contribution is 7.98. The number of ether oxygens (including phenoxy) is 2. The molecule has 0 bridgehead atoms. The van der Waals surface area contributed by atoms with Crippen LogP contribution in [0.2, 0.25) is 0 Å². The van der Waals surface area contributed by atoms with Gasteiger partial charge in [0.2, 0.25) is 0 Å². The Bertz CT molecular complexity index is 496. The zero-order valence-corrected chi connectivity index (χ0v) is 16.3. The molecule has 2 rings (SSSR count). The standard InChI is InChI=1S/C19H32N2O3S/c1-23-18-7-6-16(13-20-8-11-25-2)12-19(18)24-15-17(22)14-21-9-4-3-5-10-21/h6-7,12,17,20,22H,3-5,8-11,13-15H2,1-2H3. The Hall–Kier alpha value is -0.950. The summed E-state index contributed by atoms with van der Waals surface area (Å²) in [5.41, 5.74) is 1.16. The first-order chi connectivity index (χ1) is 12.2. The van der Waals surface area contributed by atoms with E-state index >= 15 is 0 Å². The van der Waals surface area contributed by atoms with E-state index in [1.54, 1.807) is 7.11 Å². The Balaban J connectivity index is 1.83. The molecule has 1 fully saturated rings. The largest absolute Gasteiger partial charge is 0.493 e. The molecule has 1 saturated heterocycles. The Morgan fingerprint density at radius 2 is 2.04 bits per heavy atom. The Kier molecular flexibility index (Phi) is 9.47. The molecule has 0 radical (unpaired) electrons. The number of rotatable bonds is 11. The zero-order valence-electron chi connectivity index (χ0n) is 15.5. The smallest absolute Gasteiger partial charge is 0.161 e. The van der Waals surface area contributed by atoms with Crippen LogP contribution >= 0.6 is 11.8 Å². The van der Waals surface area contributed by atoms with E-state index in [4.69, 9.17) is 9.47 Å². The van der Waals surface area contributed by atoms with E-state index in [0.717, 1.165) is 37.5 Å². The molecule has 1 aliphatic rings. The lowest BCUT2D eigenvalue weighted by Crippen LogP contribution is -2.38. The van der Waals surface area contributed by atoms with E-state index in [1.807, 2.05) is 30.0 Å². The number of aliphatic hydroxyl groups is 1. The number of methoxy groups -OCH3 is 1. The monoisotopic (exact) mass is 368 g/mol. The average Bonchev–Trinajstić information content (AvgIpc) is 2.64. The third-order valence-electron chi connectivity index (χ3n) is 4.39. The maximum Gasteiger partial charge on any atom is 0.161 e. The van der Waals surface area contributed by atoms with Gasteiger partial charge in [-0.1, -0.05) is 12.5 Å². The maximum absolute atomic E-state index is 10.3. The second kappa shape index (κ2) is 11.6. The van der Waals surface area contributed by atoms with Crippen molar-refractivity contribution in [2.45, 2.75) is 31.9 Å². The van der Waals surface area contributed by atoms with Crippen LogP contribution in [-0.4, -0.2) is 68.0 Å². The lowest BCUT2D eigenvalue weighted by atomic mass is 10.1. The molecule has 1 unspecified atom stereocenters. The van der Waals surface area contributed by atoms with Crippen LogP contribution in [0.5, 0.6) is 11.5 Å². The van der Waals surface area contributed by atoms with Crippen molar-refractivity contribution in [1.82, 2.24) is 10.2 Å². The topological polar surface area (TPSA) is 54.0 Å². The van der Waals surface area contributed by atoms with Crippen molar-refractivity contribution in [3.8, 4) is 11.5 Å². The molecule has 0 aromatic heterocycles. The Morgan fingerprint density at radius 3 is 2.76 bits per heavy atom. The van der Waals surface area contributed by atoms with Crippen molar-refractivity contribution >= 4 is 11.8 Å². The fraction of sp³-hybridized carbons (Fsp3) is 0.684. The number of benzene rings is 1. The highest BCUT2D eigenvalue weighted by Crippen LogP contribution is 2.28. The van der Waals surface area contributed by atoms with Crippen molar-refractivity contribution in [2.24, 2.45) is 0 Å². The van der Waals surface area contributed by atoms with Gasteiger partial charge in [0.05, 0.1) is 7.11 Å². The number of likely N-dealkylation sites (tertiary alicyclic amines) is 1.